The highest BCUT2D eigenvalue weighted by atomic mass is 16.4. The van der Waals surface area contributed by atoms with Gasteiger partial charge in [-0.25, -0.2) is 0 Å². The van der Waals surface area contributed by atoms with Gasteiger partial charge in [-0.2, -0.15) is 0 Å². The molecule has 0 aliphatic rings. The molecule has 0 saturated heterocycles. The van der Waals surface area contributed by atoms with E-state index in [4.69, 9.17) is 5.11 Å². The third-order valence-electron chi connectivity index (χ3n) is 3.16. The molecule has 2 unspecified atom stereocenters. The van der Waals surface area contributed by atoms with Crippen LogP contribution in [0.4, 0.5) is 0 Å². The number of hydrogen-bond donors (Lipinski definition) is 2. The van der Waals surface area contributed by atoms with Gasteiger partial charge in [0.1, 0.15) is 0 Å². The summed E-state index contributed by atoms with van der Waals surface area (Å²) in [7, 11) is 1.87. The predicted molar refractivity (Wildman–Crippen MR) is 69.1 cm³/mol. The molecule has 94 valence electrons. The van der Waals surface area contributed by atoms with Crippen LogP contribution in [0.1, 0.15) is 36.1 Å². The Labute approximate surface area is 103 Å². The number of nitrogens with one attached hydrogen (secondary N) is 1. The van der Waals surface area contributed by atoms with Gasteiger partial charge in [-0.05, 0) is 38.4 Å². The number of aliphatic carboxylic acids is 1. The van der Waals surface area contributed by atoms with Crippen LogP contribution >= 0.6 is 0 Å². The fraction of sp³-hybridized carbons (Fsp3) is 0.500. The summed E-state index contributed by atoms with van der Waals surface area (Å²) in [4.78, 5) is 10.9. The second-order valence-electron chi connectivity index (χ2n) is 4.68. The van der Waals surface area contributed by atoms with Crippen LogP contribution < -0.4 is 5.32 Å². The molecule has 1 aromatic carbocycles. The van der Waals surface area contributed by atoms with E-state index in [-0.39, 0.29) is 12.0 Å². The van der Waals surface area contributed by atoms with Gasteiger partial charge >= 0.3 is 5.97 Å². The average Bonchev–Trinajstić information content (AvgIpc) is 2.26. The van der Waals surface area contributed by atoms with E-state index in [1.54, 1.807) is 6.92 Å². The van der Waals surface area contributed by atoms with E-state index in [0.29, 0.717) is 6.42 Å². The second kappa shape index (κ2) is 5.82. The first-order valence-electron chi connectivity index (χ1n) is 5.93. The van der Waals surface area contributed by atoms with Crippen LogP contribution in [0.3, 0.4) is 0 Å². The minimum atomic E-state index is -0.741. The van der Waals surface area contributed by atoms with Gasteiger partial charge in [0, 0.05) is 6.04 Å². The Morgan fingerprint density at radius 2 is 2.06 bits per heavy atom. The first-order chi connectivity index (χ1) is 7.95. The summed E-state index contributed by atoms with van der Waals surface area (Å²) < 4.78 is 0. The van der Waals surface area contributed by atoms with Crippen molar-refractivity contribution in [3.05, 3.63) is 34.9 Å². The SMILES string of the molecule is CNC(CC(C)C(=O)O)c1ccc(C)cc1C. The van der Waals surface area contributed by atoms with Crippen molar-refractivity contribution in [3.8, 4) is 0 Å². The van der Waals surface area contributed by atoms with E-state index in [9.17, 15) is 4.79 Å². The normalized spacial score (nSPS) is 14.4. The van der Waals surface area contributed by atoms with Gasteiger partial charge in [0.25, 0.3) is 0 Å². The van der Waals surface area contributed by atoms with Crippen LogP contribution in [0.25, 0.3) is 0 Å². The maximum atomic E-state index is 10.9. The highest BCUT2D eigenvalue weighted by Gasteiger charge is 2.19. The zero-order valence-corrected chi connectivity index (χ0v) is 10.9. The molecule has 2 N–H and O–H groups in total. The van der Waals surface area contributed by atoms with Gasteiger partial charge in [0.15, 0.2) is 0 Å². The zero-order chi connectivity index (χ0) is 13.0. The van der Waals surface area contributed by atoms with Crippen LogP contribution in [0.5, 0.6) is 0 Å². The van der Waals surface area contributed by atoms with Crippen molar-refractivity contribution in [1.29, 1.82) is 0 Å². The van der Waals surface area contributed by atoms with Gasteiger partial charge in [-0.1, -0.05) is 30.7 Å². The molecule has 0 amide bonds. The predicted octanol–water partition coefficient (Wildman–Crippen LogP) is 2.67. The summed E-state index contributed by atoms with van der Waals surface area (Å²) in [5.74, 6) is -1.08. The summed E-state index contributed by atoms with van der Waals surface area (Å²) >= 11 is 0. The molecule has 17 heavy (non-hydrogen) atoms. The number of rotatable bonds is 5. The fourth-order valence-electron chi connectivity index (χ4n) is 2.07. The van der Waals surface area contributed by atoms with E-state index < -0.39 is 5.97 Å². The Morgan fingerprint density at radius 3 is 2.53 bits per heavy atom. The lowest BCUT2D eigenvalue weighted by Crippen LogP contribution is -2.23. The second-order valence-corrected chi connectivity index (χ2v) is 4.68. The van der Waals surface area contributed by atoms with Gasteiger partial charge < -0.3 is 10.4 Å². The molecule has 1 aromatic rings. The minimum absolute atomic E-state index is 0.0988. The fourth-order valence-corrected chi connectivity index (χ4v) is 2.07. The Kier molecular flexibility index (Phi) is 4.70. The molecule has 0 bridgehead atoms. The molecule has 0 radical (unpaired) electrons. The number of benzene rings is 1. The van der Waals surface area contributed by atoms with Crippen molar-refractivity contribution in [3.63, 3.8) is 0 Å². The van der Waals surface area contributed by atoms with Gasteiger partial charge in [-0.15, -0.1) is 0 Å². The lowest BCUT2D eigenvalue weighted by Gasteiger charge is -2.21. The van der Waals surface area contributed by atoms with E-state index in [1.807, 2.05) is 7.05 Å². The van der Waals surface area contributed by atoms with Crippen LogP contribution in [0.2, 0.25) is 0 Å². The van der Waals surface area contributed by atoms with Crippen molar-refractivity contribution >= 4 is 5.97 Å². The standard InChI is InChI=1S/C14H21NO2/c1-9-5-6-12(10(2)7-9)13(15-4)8-11(3)14(16)17/h5-7,11,13,15H,8H2,1-4H3,(H,16,17). The summed E-state index contributed by atoms with van der Waals surface area (Å²) in [6.45, 7) is 5.87. The van der Waals surface area contributed by atoms with Gasteiger partial charge in [-0.3, -0.25) is 4.79 Å². The van der Waals surface area contributed by atoms with Gasteiger partial charge in [0.05, 0.1) is 5.92 Å². The lowest BCUT2D eigenvalue weighted by atomic mass is 9.92. The molecular weight excluding hydrogens is 214 g/mol. The van der Waals surface area contributed by atoms with Crippen molar-refractivity contribution < 1.29 is 9.90 Å². The Hall–Kier alpha value is -1.35. The molecular formula is C14H21NO2. The lowest BCUT2D eigenvalue weighted by molar-refractivity contribution is -0.141. The molecule has 0 aliphatic heterocycles. The summed E-state index contributed by atoms with van der Waals surface area (Å²) in [6, 6.07) is 6.38. The maximum absolute atomic E-state index is 10.9. The molecule has 0 heterocycles. The van der Waals surface area contributed by atoms with Crippen LogP contribution in [-0.2, 0) is 4.79 Å². The highest BCUT2D eigenvalue weighted by Crippen LogP contribution is 2.24. The molecule has 1 rings (SSSR count). The maximum Gasteiger partial charge on any atom is 0.306 e. The number of carboxylic acids is 1. The van der Waals surface area contributed by atoms with Gasteiger partial charge in [0.2, 0.25) is 0 Å². The average molecular weight is 235 g/mol. The van der Waals surface area contributed by atoms with Crippen molar-refractivity contribution in [2.75, 3.05) is 7.05 Å². The van der Waals surface area contributed by atoms with Crippen LogP contribution in [0.15, 0.2) is 18.2 Å². The van der Waals surface area contributed by atoms with E-state index >= 15 is 0 Å². The number of aryl methyl sites for hydroxylation is 2. The highest BCUT2D eigenvalue weighted by molar-refractivity contribution is 5.69. The van der Waals surface area contributed by atoms with Crippen LogP contribution in [0, 0.1) is 19.8 Å². The Bertz CT molecular complexity index is 401. The third-order valence-corrected chi connectivity index (χ3v) is 3.16. The smallest absolute Gasteiger partial charge is 0.306 e. The van der Waals surface area contributed by atoms with E-state index in [2.05, 4.69) is 37.4 Å². The van der Waals surface area contributed by atoms with Crippen molar-refractivity contribution in [2.45, 2.75) is 33.2 Å². The molecule has 0 aliphatic carbocycles. The largest absolute Gasteiger partial charge is 0.481 e. The summed E-state index contributed by atoms with van der Waals surface area (Å²) in [6.07, 6.45) is 0.607. The Morgan fingerprint density at radius 1 is 1.41 bits per heavy atom. The first-order valence-corrected chi connectivity index (χ1v) is 5.93. The van der Waals surface area contributed by atoms with E-state index in [0.717, 1.165) is 0 Å². The number of hydrogen-bond acceptors (Lipinski definition) is 2. The summed E-state index contributed by atoms with van der Waals surface area (Å²) in [5.41, 5.74) is 3.63. The first kappa shape index (κ1) is 13.7. The topological polar surface area (TPSA) is 49.3 Å². The Balaban J connectivity index is 2.90. The van der Waals surface area contributed by atoms with Crippen molar-refractivity contribution in [2.24, 2.45) is 5.92 Å². The third kappa shape index (κ3) is 3.56. The molecule has 0 spiro atoms. The number of carbonyl (C=O) groups is 1. The molecule has 2 atom stereocenters. The molecule has 3 nitrogen and oxygen atoms in total. The summed E-state index contributed by atoms with van der Waals surface area (Å²) in [5, 5.41) is 12.2. The zero-order valence-electron chi connectivity index (χ0n) is 10.9. The molecule has 3 heteroatoms. The molecule has 0 aromatic heterocycles. The molecule has 0 saturated carbocycles. The molecule has 0 fully saturated rings. The number of carboxylic acid groups (broad SMARTS) is 1. The monoisotopic (exact) mass is 235 g/mol. The minimum Gasteiger partial charge on any atom is -0.481 e. The van der Waals surface area contributed by atoms with E-state index in [1.165, 1.54) is 16.7 Å². The van der Waals surface area contributed by atoms with Crippen LogP contribution in [-0.4, -0.2) is 18.1 Å². The quantitative estimate of drug-likeness (QED) is 0.825. The van der Waals surface area contributed by atoms with Crippen molar-refractivity contribution in [1.82, 2.24) is 5.32 Å².